The lowest BCUT2D eigenvalue weighted by Crippen LogP contribution is -2.27. The molecule has 1 saturated heterocycles. The van der Waals surface area contributed by atoms with E-state index in [0.29, 0.717) is 16.9 Å². The van der Waals surface area contributed by atoms with Gasteiger partial charge >= 0.3 is 5.97 Å². The number of aryl methyl sites for hydroxylation is 2. The van der Waals surface area contributed by atoms with Crippen molar-refractivity contribution < 1.29 is 9.53 Å². The van der Waals surface area contributed by atoms with Crippen LogP contribution in [0.15, 0.2) is 54.9 Å². The van der Waals surface area contributed by atoms with Crippen molar-refractivity contribution >= 4 is 45.2 Å². The number of pyridine rings is 1. The molecular weight excluding hydrogens is 488 g/mol. The Morgan fingerprint density at radius 2 is 1.86 bits per heavy atom. The van der Waals surface area contributed by atoms with Crippen LogP contribution in [0.5, 0.6) is 0 Å². The minimum atomic E-state index is -0.0877. The molecule has 0 bridgehead atoms. The fourth-order valence-electron chi connectivity index (χ4n) is 5.99. The van der Waals surface area contributed by atoms with E-state index in [1.165, 1.54) is 7.11 Å². The van der Waals surface area contributed by atoms with Gasteiger partial charge in [0.05, 0.1) is 35.9 Å². The minimum absolute atomic E-state index is 0.0476. The number of esters is 1. The molecule has 1 aliphatic carbocycles. The first-order valence-corrected chi connectivity index (χ1v) is 12.7. The molecule has 1 saturated carbocycles. The average molecular weight is 513 g/mol. The number of ether oxygens (including phenoxy) is 1. The summed E-state index contributed by atoms with van der Waals surface area (Å²) < 4.78 is 8.70. The number of halogens is 1. The van der Waals surface area contributed by atoms with Gasteiger partial charge < -0.3 is 9.64 Å². The second kappa shape index (κ2) is 8.05. The fraction of sp³-hybridized carbons (Fsp3) is 0.286. The SMILES string of the molecule is COC(=O)C1[C@H]2CN(c3ccc(-n4nc(-c5cccc6nn(C)cc56)c5ccc(Cl)c(C)c54)cn3)C[C@@H]12. The van der Waals surface area contributed by atoms with Gasteiger partial charge in [-0.05, 0) is 54.7 Å². The zero-order valence-corrected chi connectivity index (χ0v) is 21.5. The van der Waals surface area contributed by atoms with Crippen LogP contribution in [0.3, 0.4) is 0 Å². The molecule has 5 aromatic rings. The Bertz CT molecular complexity index is 1690. The van der Waals surface area contributed by atoms with Gasteiger partial charge in [-0.3, -0.25) is 9.48 Å². The van der Waals surface area contributed by atoms with Crippen molar-refractivity contribution in [3.63, 3.8) is 0 Å². The normalized spacial score (nSPS) is 20.5. The average Bonchev–Trinajstić information content (AvgIpc) is 3.26. The number of benzene rings is 2. The lowest BCUT2D eigenvalue weighted by Gasteiger charge is -2.20. The molecule has 0 N–H and O–H groups in total. The molecule has 7 rings (SSSR count). The van der Waals surface area contributed by atoms with Crippen LogP contribution in [0.4, 0.5) is 5.82 Å². The van der Waals surface area contributed by atoms with Crippen LogP contribution < -0.4 is 4.90 Å². The van der Waals surface area contributed by atoms with Crippen LogP contribution in [0.25, 0.3) is 38.8 Å². The molecule has 37 heavy (non-hydrogen) atoms. The molecule has 1 aliphatic heterocycles. The van der Waals surface area contributed by atoms with Crippen LogP contribution in [-0.4, -0.2) is 50.7 Å². The molecule has 3 aromatic heterocycles. The van der Waals surface area contributed by atoms with Crippen LogP contribution in [-0.2, 0) is 16.6 Å². The van der Waals surface area contributed by atoms with Gasteiger partial charge in [0.25, 0.3) is 0 Å². The molecule has 9 heteroatoms. The second-order valence-electron chi connectivity index (χ2n) is 10.0. The summed E-state index contributed by atoms with van der Waals surface area (Å²) in [6.07, 6.45) is 3.89. The molecule has 2 aliphatic rings. The second-order valence-corrected chi connectivity index (χ2v) is 10.4. The summed E-state index contributed by atoms with van der Waals surface area (Å²) in [6, 6.07) is 14.2. The minimum Gasteiger partial charge on any atom is -0.469 e. The van der Waals surface area contributed by atoms with Crippen LogP contribution >= 0.6 is 11.6 Å². The van der Waals surface area contributed by atoms with Crippen molar-refractivity contribution in [2.24, 2.45) is 24.8 Å². The van der Waals surface area contributed by atoms with E-state index >= 15 is 0 Å². The van der Waals surface area contributed by atoms with Gasteiger partial charge in [-0.15, -0.1) is 0 Å². The molecule has 1 unspecified atom stereocenters. The van der Waals surface area contributed by atoms with E-state index in [2.05, 4.69) is 16.1 Å². The van der Waals surface area contributed by atoms with Crippen LogP contribution in [0.2, 0.25) is 5.02 Å². The summed E-state index contributed by atoms with van der Waals surface area (Å²) in [5, 5.41) is 12.4. The Balaban J connectivity index is 1.28. The number of fused-ring (bicyclic) bond motifs is 3. The maximum absolute atomic E-state index is 11.9. The number of anilines is 1. The third kappa shape index (κ3) is 3.35. The molecule has 3 atom stereocenters. The fourth-order valence-corrected chi connectivity index (χ4v) is 6.14. The predicted octanol–water partition coefficient (Wildman–Crippen LogP) is 4.79. The van der Waals surface area contributed by atoms with Gasteiger partial charge in [-0.25, -0.2) is 9.67 Å². The smallest absolute Gasteiger partial charge is 0.309 e. The highest BCUT2D eigenvalue weighted by Gasteiger charge is 2.60. The van der Waals surface area contributed by atoms with Gasteiger partial charge in [0.2, 0.25) is 0 Å². The number of rotatable bonds is 4. The highest BCUT2D eigenvalue weighted by Crippen LogP contribution is 2.52. The summed E-state index contributed by atoms with van der Waals surface area (Å²) in [6.45, 7) is 3.68. The number of methoxy groups -OCH3 is 1. The molecule has 0 amide bonds. The monoisotopic (exact) mass is 512 g/mol. The summed E-state index contributed by atoms with van der Waals surface area (Å²) in [7, 11) is 3.39. The van der Waals surface area contributed by atoms with E-state index in [-0.39, 0.29) is 11.9 Å². The molecule has 0 radical (unpaired) electrons. The highest BCUT2D eigenvalue weighted by atomic mass is 35.5. The Morgan fingerprint density at radius 3 is 2.59 bits per heavy atom. The number of piperidine rings is 1. The third-order valence-corrected chi connectivity index (χ3v) is 8.33. The van der Waals surface area contributed by atoms with Gasteiger partial charge in [0.15, 0.2) is 0 Å². The summed E-state index contributed by atoms with van der Waals surface area (Å²) in [5.74, 6) is 1.60. The Kier molecular flexibility index (Phi) is 4.85. The van der Waals surface area contributed by atoms with Crippen LogP contribution in [0, 0.1) is 24.7 Å². The lowest BCUT2D eigenvalue weighted by molar-refractivity contribution is -0.142. The summed E-state index contributed by atoms with van der Waals surface area (Å²) >= 11 is 6.56. The molecule has 0 spiro atoms. The maximum Gasteiger partial charge on any atom is 0.309 e. The molecule has 4 heterocycles. The summed E-state index contributed by atoms with van der Waals surface area (Å²) in [5.41, 5.74) is 5.62. The standard InChI is InChI=1S/C28H25ClN6O2/c1-15-22(29)9-8-18-26(17-5-4-6-23-19(17)12-33(2)31-23)32-35(27(15)18)16-7-10-24(30-11-16)34-13-20-21(14-34)25(20)28(36)37-3/h4-12,20-21,25H,13-14H2,1-3H3/t20-,21+,25?. The Morgan fingerprint density at radius 1 is 1.05 bits per heavy atom. The first-order valence-electron chi connectivity index (χ1n) is 12.3. The van der Waals surface area contributed by atoms with Crippen molar-refractivity contribution in [1.82, 2.24) is 24.5 Å². The van der Waals surface area contributed by atoms with Gasteiger partial charge in [-0.1, -0.05) is 23.7 Å². The zero-order chi connectivity index (χ0) is 25.4. The zero-order valence-electron chi connectivity index (χ0n) is 20.7. The lowest BCUT2D eigenvalue weighted by atomic mass is 10.0. The Hall–Kier alpha value is -3.91. The van der Waals surface area contributed by atoms with Crippen molar-refractivity contribution in [2.45, 2.75) is 6.92 Å². The van der Waals surface area contributed by atoms with Gasteiger partial charge in [0.1, 0.15) is 11.5 Å². The van der Waals surface area contributed by atoms with Crippen LogP contribution in [0.1, 0.15) is 5.56 Å². The van der Waals surface area contributed by atoms with Crippen molar-refractivity contribution in [3.8, 4) is 16.9 Å². The van der Waals surface area contributed by atoms with E-state index in [9.17, 15) is 4.79 Å². The molecule has 186 valence electrons. The van der Waals surface area contributed by atoms with E-state index in [1.807, 2.05) is 72.1 Å². The van der Waals surface area contributed by atoms with E-state index < -0.39 is 0 Å². The quantitative estimate of drug-likeness (QED) is 0.322. The molecule has 2 fully saturated rings. The predicted molar refractivity (Wildman–Crippen MR) is 143 cm³/mol. The number of hydrogen-bond acceptors (Lipinski definition) is 6. The molecule has 8 nitrogen and oxygen atoms in total. The molecular formula is C28H25ClN6O2. The van der Waals surface area contributed by atoms with Gasteiger partial charge in [-0.2, -0.15) is 10.2 Å². The number of aromatic nitrogens is 5. The van der Waals surface area contributed by atoms with Crippen molar-refractivity contribution in [2.75, 3.05) is 25.1 Å². The number of carbonyl (C=O) groups is 1. The Labute approximate surface area is 218 Å². The first-order chi connectivity index (χ1) is 17.9. The van der Waals surface area contributed by atoms with Crippen molar-refractivity contribution in [1.29, 1.82) is 0 Å². The topological polar surface area (TPSA) is 78.1 Å². The van der Waals surface area contributed by atoms with E-state index in [1.54, 1.807) is 0 Å². The first kappa shape index (κ1) is 22.3. The van der Waals surface area contributed by atoms with Crippen molar-refractivity contribution in [3.05, 3.63) is 65.4 Å². The highest BCUT2D eigenvalue weighted by molar-refractivity contribution is 6.32. The molecule has 2 aromatic carbocycles. The number of hydrogen-bond donors (Lipinski definition) is 0. The van der Waals surface area contributed by atoms with E-state index in [0.717, 1.165) is 63.2 Å². The van der Waals surface area contributed by atoms with E-state index in [4.69, 9.17) is 26.4 Å². The third-order valence-electron chi connectivity index (χ3n) is 7.92. The number of nitrogens with zero attached hydrogens (tertiary/aromatic N) is 6. The van der Waals surface area contributed by atoms with Gasteiger partial charge in [0, 0.05) is 47.7 Å². The summed E-state index contributed by atoms with van der Waals surface area (Å²) in [4.78, 5) is 18.9. The largest absolute Gasteiger partial charge is 0.469 e. The maximum atomic E-state index is 11.9. The number of carbonyl (C=O) groups excluding carboxylic acids is 1.